The number of hydrogen-bond donors (Lipinski definition) is 1. The number of ether oxygens (including phenoxy) is 1. The van der Waals surface area contributed by atoms with Gasteiger partial charge in [-0.05, 0) is 69.0 Å². The first-order valence-corrected chi connectivity index (χ1v) is 10.7. The molecule has 0 spiro atoms. The van der Waals surface area contributed by atoms with Gasteiger partial charge >= 0.3 is 18.1 Å². The minimum Gasteiger partial charge on any atom is -0.480 e. The summed E-state index contributed by atoms with van der Waals surface area (Å²) in [4.78, 5) is 24.7. The fourth-order valence-electron chi connectivity index (χ4n) is 2.89. The molecule has 0 amide bonds. The summed E-state index contributed by atoms with van der Waals surface area (Å²) in [5.41, 5.74) is -1.60. The topological polar surface area (TPSA) is 63.6 Å². The highest BCUT2D eigenvalue weighted by Gasteiger charge is 2.42. The second-order valence-electron chi connectivity index (χ2n) is 7.09. The summed E-state index contributed by atoms with van der Waals surface area (Å²) < 4.78 is 43.5. The quantitative estimate of drug-likeness (QED) is 0.332. The zero-order valence-corrected chi connectivity index (χ0v) is 18.5. The standard InChI is InChI=1S/C22H22ClF3O4S/c1-3-30-20(29)21(2,19(27)28)11-5-6-14-9-10-17(13-18(14)23)31-16-8-4-7-15(12-16)22(24,25)26/h4,7-10,12-13H,3,5-6,11H2,1-2H3,(H,27,28). The van der Waals surface area contributed by atoms with E-state index in [9.17, 15) is 27.9 Å². The predicted molar refractivity (Wildman–Crippen MR) is 112 cm³/mol. The van der Waals surface area contributed by atoms with E-state index >= 15 is 0 Å². The fourth-order valence-corrected chi connectivity index (χ4v) is 4.14. The van der Waals surface area contributed by atoms with Crippen molar-refractivity contribution >= 4 is 35.3 Å². The van der Waals surface area contributed by atoms with E-state index in [1.54, 1.807) is 31.2 Å². The van der Waals surface area contributed by atoms with Crippen molar-refractivity contribution in [1.82, 2.24) is 0 Å². The number of aliphatic carboxylic acids is 1. The van der Waals surface area contributed by atoms with Crippen molar-refractivity contribution in [1.29, 1.82) is 0 Å². The molecule has 1 N–H and O–H groups in total. The molecule has 4 nitrogen and oxygen atoms in total. The van der Waals surface area contributed by atoms with Crippen LogP contribution in [-0.4, -0.2) is 23.7 Å². The lowest BCUT2D eigenvalue weighted by molar-refractivity contribution is -0.167. The van der Waals surface area contributed by atoms with Crippen LogP contribution in [0, 0.1) is 5.41 Å². The number of carboxylic acids is 1. The van der Waals surface area contributed by atoms with Gasteiger partial charge in [0.1, 0.15) is 0 Å². The van der Waals surface area contributed by atoms with Crippen LogP contribution in [0.15, 0.2) is 52.3 Å². The number of carbonyl (C=O) groups is 2. The molecule has 1 unspecified atom stereocenters. The van der Waals surface area contributed by atoms with E-state index in [-0.39, 0.29) is 13.0 Å². The Bertz CT molecular complexity index is 949. The molecule has 31 heavy (non-hydrogen) atoms. The largest absolute Gasteiger partial charge is 0.480 e. The zero-order valence-electron chi connectivity index (χ0n) is 17.0. The van der Waals surface area contributed by atoms with Crippen LogP contribution in [0.1, 0.15) is 37.8 Å². The molecule has 9 heteroatoms. The summed E-state index contributed by atoms with van der Waals surface area (Å²) >= 11 is 7.48. The molecular formula is C22H22ClF3O4S. The van der Waals surface area contributed by atoms with E-state index in [1.165, 1.54) is 13.0 Å². The van der Waals surface area contributed by atoms with Crippen molar-refractivity contribution in [3.8, 4) is 0 Å². The SMILES string of the molecule is CCOC(=O)C(C)(CCCc1ccc(Sc2cccc(C(F)(F)F)c2)cc1Cl)C(=O)O. The molecule has 2 rings (SSSR count). The predicted octanol–water partition coefficient (Wildman–Crippen LogP) is 6.49. The average Bonchev–Trinajstić information content (AvgIpc) is 2.69. The monoisotopic (exact) mass is 474 g/mol. The average molecular weight is 475 g/mol. The lowest BCUT2D eigenvalue weighted by Gasteiger charge is -2.22. The van der Waals surface area contributed by atoms with Gasteiger partial charge in [-0.15, -0.1) is 0 Å². The third-order valence-corrected chi connectivity index (χ3v) is 6.07. The Hall–Kier alpha value is -2.19. The third kappa shape index (κ3) is 6.64. The normalized spacial score (nSPS) is 13.5. The van der Waals surface area contributed by atoms with Crippen molar-refractivity contribution in [3.05, 3.63) is 58.6 Å². The van der Waals surface area contributed by atoms with E-state index in [0.717, 1.165) is 29.5 Å². The second kappa shape index (κ2) is 10.4. The summed E-state index contributed by atoms with van der Waals surface area (Å²) in [6.45, 7) is 3.04. The van der Waals surface area contributed by atoms with Gasteiger partial charge in [-0.2, -0.15) is 13.2 Å². The highest BCUT2D eigenvalue weighted by Crippen LogP contribution is 2.36. The van der Waals surface area contributed by atoms with Crippen molar-refractivity contribution < 1.29 is 32.6 Å². The molecule has 0 radical (unpaired) electrons. The van der Waals surface area contributed by atoms with Gasteiger partial charge in [0, 0.05) is 14.8 Å². The van der Waals surface area contributed by atoms with Crippen LogP contribution in [0.25, 0.3) is 0 Å². The van der Waals surface area contributed by atoms with E-state index in [1.807, 2.05) is 0 Å². The molecule has 0 saturated carbocycles. The summed E-state index contributed by atoms with van der Waals surface area (Å²) in [7, 11) is 0. The maximum Gasteiger partial charge on any atom is 0.416 e. The van der Waals surface area contributed by atoms with Crippen LogP contribution >= 0.6 is 23.4 Å². The van der Waals surface area contributed by atoms with Crippen molar-refractivity contribution in [2.45, 2.75) is 49.1 Å². The minimum absolute atomic E-state index is 0.0816. The fraction of sp³-hybridized carbons (Fsp3) is 0.364. The van der Waals surface area contributed by atoms with Gasteiger partial charge < -0.3 is 9.84 Å². The summed E-state index contributed by atoms with van der Waals surface area (Å²) in [6, 6.07) is 10.2. The number of carboxylic acid groups (broad SMARTS) is 1. The highest BCUT2D eigenvalue weighted by atomic mass is 35.5. The Morgan fingerprint density at radius 1 is 1.13 bits per heavy atom. The molecular weight excluding hydrogens is 453 g/mol. The maximum absolute atomic E-state index is 12.9. The van der Waals surface area contributed by atoms with Crippen LogP contribution in [0.3, 0.4) is 0 Å². The Labute approximate surface area is 187 Å². The van der Waals surface area contributed by atoms with Crippen molar-refractivity contribution in [3.63, 3.8) is 0 Å². The van der Waals surface area contributed by atoms with Crippen LogP contribution < -0.4 is 0 Å². The van der Waals surface area contributed by atoms with Crippen LogP contribution in [0.5, 0.6) is 0 Å². The molecule has 2 aromatic carbocycles. The minimum atomic E-state index is -4.41. The van der Waals surface area contributed by atoms with E-state index in [4.69, 9.17) is 16.3 Å². The number of benzene rings is 2. The van der Waals surface area contributed by atoms with E-state index in [2.05, 4.69) is 0 Å². The van der Waals surface area contributed by atoms with Gasteiger partial charge in [0.05, 0.1) is 12.2 Å². The maximum atomic E-state index is 12.9. The van der Waals surface area contributed by atoms with Crippen molar-refractivity contribution in [2.24, 2.45) is 5.41 Å². The summed E-state index contributed by atoms with van der Waals surface area (Å²) in [6.07, 6.45) is -3.50. The molecule has 0 heterocycles. The molecule has 0 aliphatic carbocycles. The first kappa shape index (κ1) is 25.1. The molecule has 0 aliphatic rings. The second-order valence-corrected chi connectivity index (χ2v) is 8.65. The Kier molecular flexibility index (Phi) is 8.42. The Morgan fingerprint density at radius 3 is 2.39 bits per heavy atom. The van der Waals surface area contributed by atoms with Crippen LogP contribution in [0.4, 0.5) is 13.2 Å². The van der Waals surface area contributed by atoms with Gasteiger partial charge in [0.2, 0.25) is 0 Å². The number of halogens is 4. The molecule has 0 bridgehead atoms. The first-order chi connectivity index (χ1) is 14.5. The summed E-state index contributed by atoms with van der Waals surface area (Å²) in [5, 5.41) is 9.85. The lowest BCUT2D eigenvalue weighted by atomic mass is 9.84. The number of carbonyl (C=O) groups excluding carboxylic acids is 1. The molecule has 0 aromatic heterocycles. The number of alkyl halides is 3. The number of esters is 1. The molecule has 0 saturated heterocycles. The van der Waals surface area contributed by atoms with Crippen molar-refractivity contribution in [2.75, 3.05) is 6.61 Å². The number of aryl methyl sites for hydroxylation is 1. The third-order valence-electron chi connectivity index (χ3n) is 4.74. The molecule has 2 aromatic rings. The van der Waals surface area contributed by atoms with Gasteiger partial charge in [-0.25, -0.2) is 0 Å². The first-order valence-electron chi connectivity index (χ1n) is 9.51. The van der Waals surface area contributed by atoms with E-state index < -0.39 is 29.1 Å². The van der Waals surface area contributed by atoms with Gasteiger partial charge in [0.15, 0.2) is 5.41 Å². The summed E-state index contributed by atoms with van der Waals surface area (Å²) in [5.74, 6) is -2.02. The molecule has 1 atom stereocenters. The highest BCUT2D eigenvalue weighted by molar-refractivity contribution is 7.99. The molecule has 0 fully saturated rings. The molecule has 0 aliphatic heterocycles. The Morgan fingerprint density at radius 2 is 1.81 bits per heavy atom. The molecule has 168 valence electrons. The van der Waals surface area contributed by atoms with Gasteiger partial charge in [-0.1, -0.05) is 35.5 Å². The Balaban J connectivity index is 2.05. The smallest absolute Gasteiger partial charge is 0.416 e. The number of hydrogen-bond acceptors (Lipinski definition) is 4. The lowest BCUT2D eigenvalue weighted by Crippen LogP contribution is -2.38. The number of rotatable bonds is 9. The van der Waals surface area contributed by atoms with Crippen LogP contribution in [0.2, 0.25) is 5.02 Å². The zero-order chi connectivity index (χ0) is 23.2. The van der Waals surface area contributed by atoms with Gasteiger partial charge in [0.25, 0.3) is 0 Å². The van der Waals surface area contributed by atoms with E-state index in [0.29, 0.717) is 27.7 Å². The van der Waals surface area contributed by atoms with Crippen LogP contribution in [-0.2, 0) is 26.9 Å². The van der Waals surface area contributed by atoms with Gasteiger partial charge in [-0.3, -0.25) is 9.59 Å².